The highest BCUT2D eigenvalue weighted by molar-refractivity contribution is 14.1. The number of carbonyl (C=O) groups is 2. The minimum absolute atomic E-state index is 0.0619. The summed E-state index contributed by atoms with van der Waals surface area (Å²) in [5.74, 6) is -1.23. The molecule has 0 fully saturated rings. The molecule has 0 saturated heterocycles. The Morgan fingerprint density at radius 2 is 2.03 bits per heavy atom. The van der Waals surface area contributed by atoms with Gasteiger partial charge in [0.15, 0.2) is 14.6 Å². The number of amides is 1. The van der Waals surface area contributed by atoms with Crippen molar-refractivity contribution in [1.29, 1.82) is 0 Å². The van der Waals surface area contributed by atoms with Crippen LogP contribution >= 0.6 is 22.6 Å². The van der Waals surface area contributed by atoms with Gasteiger partial charge in [-0.05, 0) is 54.1 Å². The molecule has 1 aromatic carbocycles. The quantitative estimate of drug-likeness (QED) is 0.420. The number of esters is 1. The Hall–Kier alpha value is -1.95. The van der Waals surface area contributed by atoms with Gasteiger partial charge in [-0.15, -0.1) is 0 Å². The van der Waals surface area contributed by atoms with Crippen molar-refractivity contribution in [3.63, 3.8) is 0 Å². The van der Waals surface area contributed by atoms with Crippen LogP contribution in [0.4, 0.5) is 9.18 Å². The maximum Gasteiger partial charge on any atom is 0.328 e. The Labute approximate surface area is 181 Å². The molecule has 0 unspecified atom stereocenters. The van der Waals surface area contributed by atoms with E-state index in [2.05, 4.69) is 4.74 Å². The van der Waals surface area contributed by atoms with E-state index in [-0.39, 0.29) is 31.4 Å². The first-order valence-electron chi connectivity index (χ1n) is 8.72. The van der Waals surface area contributed by atoms with Crippen LogP contribution in [0, 0.1) is 9.39 Å². The van der Waals surface area contributed by atoms with E-state index in [4.69, 9.17) is 0 Å². The molecule has 1 aromatic heterocycles. The van der Waals surface area contributed by atoms with Crippen molar-refractivity contribution in [2.45, 2.75) is 24.6 Å². The molecule has 0 spiro atoms. The van der Waals surface area contributed by atoms with Crippen LogP contribution in [-0.4, -0.2) is 54.5 Å². The number of carbonyl (C=O) groups excluding carboxylic acids is 2. The molecular weight excluding hydrogens is 514 g/mol. The van der Waals surface area contributed by atoms with Gasteiger partial charge in [0.05, 0.1) is 13.7 Å². The van der Waals surface area contributed by atoms with Crippen molar-refractivity contribution in [2.24, 2.45) is 0 Å². The molecule has 0 saturated carbocycles. The lowest BCUT2D eigenvalue weighted by molar-refractivity contribution is -0.143. The second-order valence-electron chi connectivity index (χ2n) is 7.16. The average Bonchev–Trinajstić information content (AvgIpc) is 3.17. The van der Waals surface area contributed by atoms with Crippen LogP contribution in [0.3, 0.4) is 0 Å². The van der Waals surface area contributed by atoms with Crippen molar-refractivity contribution >= 4 is 44.4 Å². The topological polar surface area (TPSA) is 85.7 Å². The van der Waals surface area contributed by atoms with Crippen molar-refractivity contribution in [1.82, 2.24) is 9.47 Å². The molecule has 156 valence electrons. The molecule has 1 atom stereocenters. The monoisotopic (exact) mass is 534 g/mol. The first-order chi connectivity index (χ1) is 13.5. The van der Waals surface area contributed by atoms with Gasteiger partial charge in [0.2, 0.25) is 0 Å². The fourth-order valence-corrected chi connectivity index (χ4v) is 4.57. The van der Waals surface area contributed by atoms with Crippen LogP contribution in [0.5, 0.6) is 0 Å². The highest BCUT2D eigenvalue weighted by atomic mass is 127. The van der Waals surface area contributed by atoms with Gasteiger partial charge in [-0.2, -0.15) is 0 Å². The average molecular weight is 534 g/mol. The van der Waals surface area contributed by atoms with Crippen molar-refractivity contribution < 1.29 is 27.1 Å². The van der Waals surface area contributed by atoms with Gasteiger partial charge in [-0.1, -0.05) is 6.07 Å². The minimum atomic E-state index is -3.75. The molecule has 1 amide bonds. The molecule has 7 nitrogen and oxygen atoms in total. The van der Waals surface area contributed by atoms with Crippen LogP contribution in [0.15, 0.2) is 30.5 Å². The van der Waals surface area contributed by atoms with E-state index in [0.717, 1.165) is 16.9 Å². The molecule has 10 heteroatoms. The SMILES string of the molecule is COC(=O)[C@@](C)(CCN1Cc2cc(-c3ccc(I)cc3F)cn2C1=O)S(C)(=O)=O. The van der Waals surface area contributed by atoms with Gasteiger partial charge >= 0.3 is 12.0 Å². The van der Waals surface area contributed by atoms with Crippen LogP contribution in [0.25, 0.3) is 11.1 Å². The first-order valence-corrected chi connectivity index (χ1v) is 11.7. The molecule has 0 bridgehead atoms. The summed E-state index contributed by atoms with van der Waals surface area (Å²) in [6, 6.07) is 6.26. The second kappa shape index (κ2) is 7.71. The molecule has 0 N–H and O–H groups in total. The number of hydrogen-bond acceptors (Lipinski definition) is 5. The Balaban J connectivity index is 1.78. The molecular formula is C19H20FIN2O5S. The third kappa shape index (κ3) is 3.91. The van der Waals surface area contributed by atoms with E-state index in [1.807, 2.05) is 22.6 Å². The largest absolute Gasteiger partial charge is 0.468 e. The lowest BCUT2D eigenvalue weighted by Gasteiger charge is -2.26. The number of rotatable bonds is 6. The fraction of sp³-hybridized carbons (Fsp3) is 0.368. The summed E-state index contributed by atoms with van der Waals surface area (Å²) in [4.78, 5) is 26.2. The van der Waals surface area contributed by atoms with E-state index in [9.17, 15) is 22.4 Å². The molecule has 2 aromatic rings. The van der Waals surface area contributed by atoms with E-state index < -0.39 is 20.6 Å². The van der Waals surface area contributed by atoms with Crippen LogP contribution in [0.2, 0.25) is 0 Å². The lowest BCUT2D eigenvalue weighted by atomic mass is 10.1. The van der Waals surface area contributed by atoms with Gasteiger partial charge in [0, 0.05) is 39.4 Å². The van der Waals surface area contributed by atoms with E-state index >= 15 is 0 Å². The normalized spacial score (nSPS) is 15.9. The Morgan fingerprint density at radius 1 is 1.34 bits per heavy atom. The number of fused-ring (bicyclic) bond motifs is 1. The van der Waals surface area contributed by atoms with E-state index in [1.165, 1.54) is 22.5 Å². The summed E-state index contributed by atoms with van der Waals surface area (Å²) in [5, 5.41) is 0. The van der Waals surface area contributed by atoms with Gasteiger partial charge in [0.1, 0.15) is 5.82 Å². The molecule has 1 aliphatic heterocycles. The molecule has 29 heavy (non-hydrogen) atoms. The van der Waals surface area contributed by atoms with Crippen LogP contribution < -0.4 is 0 Å². The predicted octanol–water partition coefficient (Wildman–Crippen LogP) is 3.05. The summed E-state index contributed by atoms with van der Waals surface area (Å²) in [5.41, 5.74) is 1.67. The third-order valence-electron chi connectivity index (χ3n) is 5.27. The first kappa shape index (κ1) is 21.8. The molecule has 1 aliphatic rings. The number of sulfone groups is 1. The Kier molecular flexibility index (Phi) is 5.78. The molecule has 2 heterocycles. The summed E-state index contributed by atoms with van der Waals surface area (Å²) < 4.78 is 43.6. The van der Waals surface area contributed by atoms with Gasteiger partial charge in [-0.25, -0.2) is 17.6 Å². The van der Waals surface area contributed by atoms with Gasteiger partial charge in [-0.3, -0.25) is 9.36 Å². The summed E-state index contributed by atoms with van der Waals surface area (Å²) in [6.45, 7) is 1.60. The zero-order valence-corrected chi connectivity index (χ0v) is 19.1. The Bertz CT molecular complexity index is 1100. The van der Waals surface area contributed by atoms with Crippen LogP contribution in [-0.2, 0) is 25.9 Å². The number of ether oxygens (including phenoxy) is 1. The van der Waals surface area contributed by atoms with Crippen LogP contribution in [0.1, 0.15) is 19.0 Å². The van der Waals surface area contributed by atoms with Gasteiger partial charge in [0.25, 0.3) is 0 Å². The minimum Gasteiger partial charge on any atom is -0.468 e. The number of hydrogen-bond donors (Lipinski definition) is 0. The number of methoxy groups -OCH3 is 1. The smallest absolute Gasteiger partial charge is 0.328 e. The number of benzene rings is 1. The maximum absolute atomic E-state index is 14.2. The highest BCUT2D eigenvalue weighted by Crippen LogP contribution is 2.31. The standard InChI is InChI=1S/C19H20FIN2O5S/c1-19(17(24)28-2,29(3,26)27)6-7-22-11-14-8-12(10-23(14)18(22)25)15-5-4-13(21)9-16(15)20/h4-5,8-10H,6-7,11H2,1-3H3/t19-/m1/s1. The number of nitrogens with zero attached hydrogens (tertiary/aromatic N) is 2. The summed E-state index contributed by atoms with van der Waals surface area (Å²) >= 11 is 2.02. The molecule has 0 aliphatic carbocycles. The summed E-state index contributed by atoms with van der Waals surface area (Å²) in [6.07, 6.45) is 2.45. The zero-order valence-electron chi connectivity index (χ0n) is 16.1. The van der Waals surface area contributed by atoms with Crippen molar-refractivity contribution in [3.05, 3.63) is 45.5 Å². The van der Waals surface area contributed by atoms with E-state index in [0.29, 0.717) is 16.8 Å². The second-order valence-corrected chi connectivity index (χ2v) is 10.9. The third-order valence-corrected chi connectivity index (χ3v) is 7.94. The van der Waals surface area contributed by atoms with Crippen molar-refractivity contribution in [3.8, 4) is 11.1 Å². The Morgan fingerprint density at radius 3 is 2.59 bits per heavy atom. The lowest BCUT2D eigenvalue weighted by Crippen LogP contribution is -2.46. The predicted molar refractivity (Wildman–Crippen MR) is 114 cm³/mol. The van der Waals surface area contributed by atoms with Gasteiger partial charge < -0.3 is 9.64 Å². The number of halogens is 2. The van der Waals surface area contributed by atoms with Crippen molar-refractivity contribution in [2.75, 3.05) is 19.9 Å². The molecule has 0 radical (unpaired) electrons. The number of aromatic nitrogens is 1. The fourth-order valence-electron chi connectivity index (χ4n) is 3.27. The maximum atomic E-state index is 14.2. The highest BCUT2D eigenvalue weighted by Gasteiger charge is 2.45. The molecule has 3 rings (SSSR count). The zero-order chi connectivity index (χ0) is 21.6. The summed E-state index contributed by atoms with van der Waals surface area (Å²) in [7, 11) is -2.62. The van der Waals surface area contributed by atoms with E-state index in [1.54, 1.807) is 24.4 Å².